The fourth-order valence-electron chi connectivity index (χ4n) is 5.34. The number of carbonyl (C=O) groups is 1. The number of ether oxygens (including phenoxy) is 1. The summed E-state index contributed by atoms with van der Waals surface area (Å²) in [6.07, 6.45) is 3.97. The van der Waals surface area contributed by atoms with E-state index in [1.54, 1.807) is 61.4 Å². The van der Waals surface area contributed by atoms with Crippen LogP contribution in [0, 0.1) is 12.7 Å². The van der Waals surface area contributed by atoms with Crippen molar-refractivity contribution >= 4 is 33.1 Å². The van der Waals surface area contributed by atoms with Crippen LogP contribution in [-0.4, -0.2) is 60.0 Å². The Morgan fingerprint density at radius 2 is 1.81 bits per heavy atom. The summed E-state index contributed by atoms with van der Waals surface area (Å²) in [6, 6.07) is 12.2. The van der Waals surface area contributed by atoms with Crippen molar-refractivity contribution in [1.29, 1.82) is 0 Å². The van der Waals surface area contributed by atoms with Crippen LogP contribution in [0.15, 0.2) is 65.8 Å². The number of urea groups is 1. The highest BCUT2D eigenvalue weighted by Gasteiger charge is 2.58. The molecule has 13 heteroatoms. The Morgan fingerprint density at radius 3 is 2.49 bits per heavy atom. The number of carbonyl (C=O) groups excluding carboxylic acids is 1. The Morgan fingerprint density at radius 1 is 1.07 bits per heavy atom. The molecule has 11 nitrogen and oxygen atoms in total. The van der Waals surface area contributed by atoms with E-state index in [4.69, 9.17) is 14.7 Å². The zero-order chi connectivity index (χ0) is 30.4. The number of hydrogen-bond acceptors (Lipinski definition) is 8. The number of nitrogens with one attached hydrogen (secondary N) is 2. The van der Waals surface area contributed by atoms with Crippen LogP contribution in [0.5, 0.6) is 0 Å². The van der Waals surface area contributed by atoms with Crippen molar-refractivity contribution in [3.8, 4) is 11.4 Å². The topological polar surface area (TPSA) is 131 Å². The van der Waals surface area contributed by atoms with Gasteiger partial charge in [-0.25, -0.2) is 27.6 Å². The predicted octanol–water partition coefficient (Wildman–Crippen LogP) is 4.66. The van der Waals surface area contributed by atoms with Crippen LogP contribution in [0.1, 0.15) is 31.0 Å². The van der Waals surface area contributed by atoms with Gasteiger partial charge in [0.15, 0.2) is 15.7 Å². The van der Waals surface area contributed by atoms with Gasteiger partial charge in [0.25, 0.3) is 0 Å². The average Bonchev–Trinajstić information content (AvgIpc) is 3.72. The minimum absolute atomic E-state index is 0.0199. The summed E-state index contributed by atoms with van der Waals surface area (Å²) in [5.74, 6) is 0.357. The number of benzene rings is 2. The summed E-state index contributed by atoms with van der Waals surface area (Å²) >= 11 is 0. The highest BCUT2D eigenvalue weighted by molar-refractivity contribution is 7.92. The molecule has 1 aliphatic carbocycles. The third kappa shape index (κ3) is 5.57. The lowest BCUT2D eigenvalue weighted by molar-refractivity contribution is 0.0985. The Labute approximate surface area is 249 Å². The first kappa shape index (κ1) is 28.7. The number of rotatable bonds is 7. The average molecular weight is 606 g/mol. The van der Waals surface area contributed by atoms with Gasteiger partial charge in [-0.15, -0.1) is 0 Å². The number of hydrogen-bond donors (Lipinski definition) is 2. The van der Waals surface area contributed by atoms with E-state index in [9.17, 15) is 17.6 Å². The van der Waals surface area contributed by atoms with Gasteiger partial charge >= 0.3 is 6.03 Å². The van der Waals surface area contributed by atoms with Gasteiger partial charge in [-0.3, -0.25) is 4.68 Å². The molecule has 1 atom stereocenters. The minimum Gasteiger partial charge on any atom is -0.377 e. The number of anilines is 3. The largest absolute Gasteiger partial charge is 0.377 e. The summed E-state index contributed by atoms with van der Waals surface area (Å²) in [6.45, 7) is 5.32. The molecule has 43 heavy (non-hydrogen) atoms. The van der Waals surface area contributed by atoms with E-state index in [2.05, 4.69) is 20.6 Å². The molecule has 6 rings (SSSR count). The van der Waals surface area contributed by atoms with E-state index in [-0.39, 0.29) is 10.9 Å². The Kier molecular flexibility index (Phi) is 7.38. The Bertz CT molecular complexity index is 1790. The number of sulfone groups is 1. The van der Waals surface area contributed by atoms with Crippen molar-refractivity contribution in [1.82, 2.24) is 19.7 Å². The van der Waals surface area contributed by atoms with E-state index < -0.39 is 26.4 Å². The van der Waals surface area contributed by atoms with Crippen LogP contribution in [0.2, 0.25) is 0 Å². The second kappa shape index (κ2) is 11.0. The molecule has 1 saturated heterocycles. The zero-order valence-electron chi connectivity index (χ0n) is 24.0. The van der Waals surface area contributed by atoms with Crippen molar-refractivity contribution in [3.05, 3.63) is 78.0 Å². The van der Waals surface area contributed by atoms with E-state index in [0.29, 0.717) is 72.4 Å². The summed E-state index contributed by atoms with van der Waals surface area (Å²) in [4.78, 5) is 24.2. The van der Waals surface area contributed by atoms with Crippen molar-refractivity contribution in [2.75, 3.05) is 35.3 Å². The maximum absolute atomic E-state index is 14.2. The van der Waals surface area contributed by atoms with Crippen LogP contribution in [-0.2, 0) is 26.4 Å². The van der Waals surface area contributed by atoms with E-state index in [1.807, 2.05) is 6.92 Å². The molecular weight excluding hydrogens is 573 g/mol. The second-order valence-corrected chi connectivity index (χ2v) is 13.2. The van der Waals surface area contributed by atoms with Gasteiger partial charge in [-0.05, 0) is 68.7 Å². The molecule has 0 unspecified atom stereocenters. The summed E-state index contributed by atoms with van der Waals surface area (Å²) in [5.41, 5.74) is 2.63. The highest BCUT2D eigenvalue weighted by atomic mass is 32.2. The first-order valence-electron chi connectivity index (χ1n) is 14.0. The first-order valence-corrected chi connectivity index (χ1v) is 15.5. The van der Waals surface area contributed by atoms with Crippen molar-refractivity contribution < 1.29 is 22.3 Å². The first-order chi connectivity index (χ1) is 20.6. The van der Waals surface area contributed by atoms with Crippen molar-refractivity contribution in [2.24, 2.45) is 7.05 Å². The van der Waals surface area contributed by atoms with Crippen LogP contribution < -0.4 is 15.5 Å². The lowest BCUT2D eigenvalue weighted by atomic mass is 10.1. The van der Waals surface area contributed by atoms with Gasteiger partial charge in [-0.2, -0.15) is 5.10 Å². The molecule has 2 aliphatic rings. The maximum Gasteiger partial charge on any atom is 0.323 e. The molecule has 3 heterocycles. The molecule has 0 bridgehead atoms. The molecule has 0 radical (unpaired) electrons. The van der Waals surface area contributed by atoms with E-state index in [1.165, 1.54) is 12.1 Å². The summed E-state index contributed by atoms with van der Waals surface area (Å²) in [5, 5.41) is 9.53. The monoisotopic (exact) mass is 605 g/mol. The van der Waals surface area contributed by atoms with Crippen LogP contribution in [0.3, 0.4) is 0 Å². The smallest absolute Gasteiger partial charge is 0.323 e. The van der Waals surface area contributed by atoms with Gasteiger partial charge in [0.05, 0.1) is 41.7 Å². The molecule has 1 saturated carbocycles. The van der Waals surface area contributed by atoms with E-state index in [0.717, 1.165) is 6.07 Å². The molecular formula is C30H32FN7O4S. The molecule has 2 aromatic carbocycles. The van der Waals surface area contributed by atoms with E-state index >= 15 is 0 Å². The zero-order valence-corrected chi connectivity index (χ0v) is 24.9. The molecule has 2 fully saturated rings. The fourth-order valence-corrected chi connectivity index (χ4v) is 7.54. The van der Waals surface area contributed by atoms with Crippen molar-refractivity contribution in [2.45, 2.75) is 42.4 Å². The molecule has 4 aromatic rings. The number of morpholine rings is 1. The van der Waals surface area contributed by atoms with Crippen molar-refractivity contribution in [3.63, 3.8) is 0 Å². The fraction of sp³-hybridized carbons (Fsp3) is 0.333. The maximum atomic E-state index is 14.2. The van der Waals surface area contributed by atoms with Gasteiger partial charge in [-0.1, -0.05) is 6.07 Å². The van der Waals surface area contributed by atoms with Gasteiger partial charge < -0.3 is 20.3 Å². The quantitative estimate of drug-likeness (QED) is 0.311. The summed E-state index contributed by atoms with van der Waals surface area (Å²) < 4.78 is 48.2. The predicted molar refractivity (Wildman–Crippen MR) is 160 cm³/mol. The van der Waals surface area contributed by atoms with Crippen LogP contribution in [0.25, 0.3) is 11.4 Å². The number of amides is 2. The molecule has 2 amide bonds. The molecule has 1 aliphatic heterocycles. The minimum atomic E-state index is -3.97. The van der Waals surface area contributed by atoms with Gasteiger partial charge in [0, 0.05) is 37.1 Å². The second-order valence-electron chi connectivity index (χ2n) is 11.0. The third-order valence-corrected chi connectivity index (χ3v) is 10.5. The van der Waals surface area contributed by atoms with Crippen LogP contribution in [0.4, 0.5) is 26.4 Å². The lowest BCUT2D eigenvalue weighted by Gasteiger charge is -2.34. The lowest BCUT2D eigenvalue weighted by Crippen LogP contribution is -2.44. The molecule has 224 valence electrons. The van der Waals surface area contributed by atoms with Gasteiger partial charge in [0.2, 0.25) is 0 Å². The van der Waals surface area contributed by atoms with Gasteiger partial charge in [0.1, 0.15) is 16.4 Å². The number of aryl methyl sites for hydroxylation is 2. The van der Waals surface area contributed by atoms with Crippen LogP contribution >= 0.6 is 0 Å². The Hall–Kier alpha value is -4.36. The standard InChI is InChI=1S/C30H32FN7O4S/c1-19-4-7-22(31)14-25(19)43(40,41)30(10-11-30)26-15-27(38-12-13-42-18-20(38)2)36-28(35-26)21-5-8-23(9-6-21)33-29(39)34-24-16-32-37(3)17-24/h4-9,14-17,20H,10-13,18H2,1-3H3,(H2,33,34,39)/t20-/m0/s1. The SMILES string of the molecule is Cc1ccc(F)cc1S(=O)(=O)C1(c2cc(N3CCOC[C@@H]3C)nc(-c3ccc(NC(=O)Nc4cnn(C)c4)cc3)n2)CC1. The molecule has 2 aromatic heterocycles. The molecule has 0 spiro atoms. The highest BCUT2D eigenvalue weighted by Crippen LogP contribution is 2.55. The number of nitrogens with zero attached hydrogens (tertiary/aromatic N) is 5. The third-order valence-electron chi connectivity index (χ3n) is 7.86. The Balaban J connectivity index is 1.35. The summed E-state index contributed by atoms with van der Waals surface area (Å²) in [7, 11) is -2.22. The molecule has 2 N–H and O–H groups in total. The number of halogens is 1. The normalized spacial score (nSPS) is 17.9. The number of aromatic nitrogens is 4.